The normalized spacial score (nSPS) is 35.6. The largest absolute Gasteiger partial charge is 0.359 e. The zero-order valence-corrected chi connectivity index (χ0v) is 13.0. The monoisotopic (exact) mass is 269 g/mol. The van der Waals surface area contributed by atoms with Crippen LogP contribution in [0.3, 0.4) is 0 Å². The average Bonchev–Trinajstić information content (AvgIpc) is 2.94. The maximum absolute atomic E-state index is 4.78. The summed E-state index contributed by atoms with van der Waals surface area (Å²) in [5, 5.41) is 4.74. The molecule has 2 atom stereocenters. The lowest BCUT2D eigenvalue weighted by molar-refractivity contribution is 0.266. The van der Waals surface area contributed by atoms with Gasteiger partial charge in [-0.1, -0.05) is 18.7 Å². The third kappa shape index (κ3) is 3.41. The van der Waals surface area contributed by atoms with Crippen molar-refractivity contribution in [3.63, 3.8) is 0 Å². The number of amidine groups is 1. The Balaban J connectivity index is 1.79. The van der Waals surface area contributed by atoms with Crippen LogP contribution in [0, 0.1) is 5.92 Å². The first kappa shape index (κ1) is 14.2. The lowest BCUT2D eigenvalue weighted by atomic mass is 10.0. The van der Waals surface area contributed by atoms with Crippen molar-refractivity contribution in [2.24, 2.45) is 10.9 Å². The average molecular weight is 269 g/mol. The van der Waals surface area contributed by atoms with Gasteiger partial charge in [-0.3, -0.25) is 4.99 Å². The number of hydrogen-bond donors (Lipinski definition) is 1. The van der Waals surface area contributed by atoms with E-state index in [4.69, 9.17) is 4.99 Å². The Hall–Kier alpha value is -0.220. The second-order valence-corrected chi connectivity index (χ2v) is 7.18. The standard InChI is InChI=1S/C14H27N3S/c1-5-14(4)10-18-13(16-14)15-8-12-6-7-17(9-12)11(2)3/h11-12H,5-10H2,1-4H3,(H,15,16). The summed E-state index contributed by atoms with van der Waals surface area (Å²) in [5.41, 5.74) is 0.267. The van der Waals surface area contributed by atoms with Gasteiger partial charge in [-0.15, -0.1) is 0 Å². The third-order valence-corrected chi connectivity index (χ3v) is 5.54. The van der Waals surface area contributed by atoms with Gasteiger partial charge in [0.1, 0.15) is 0 Å². The molecule has 0 amide bonds. The van der Waals surface area contributed by atoms with E-state index >= 15 is 0 Å². The highest BCUT2D eigenvalue weighted by molar-refractivity contribution is 8.14. The molecule has 0 aliphatic carbocycles. The van der Waals surface area contributed by atoms with Gasteiger partial charge >= 0.3 is 0 Å². The fourth-order valence-corrected chi connectivity index (χ4v) is 3.74. The van der Waals surface area contributed by atoms with Crippen LogP contribution in [0.4, 0.5) is 0 Å². The van der Waals surface area contributed by atoms with E-state index in [1.807, 2.05) is 11.8 Å². The Morgan fingerprint density at radius 2 is 2.33 bits per heavy atom. The predicted octanol–water partition coefficient (Wildman–Crippen LogP) is 2.58. The van der Waals surface area contributed by atoms with Crippen molar-refractivity contribution in [1.82, 2.24) is 10.2 Å². The van der Waals surface area contributed by atoms with Crippen molar-refractivity contribution in [3.8, 4) is 0 Å². The molecule has 2 rings (SSSR count). The highest BCUT2D eigenvalue weighted by Crippen LogP contribution is 2.26. The predicted molar refractivity (Wildman–Crippen MR) is 81.4 cm³/mol. The van der Waals surface area contributed by atoms with Crippen LogP contribution in [-0.4, -0.2) is 47.0 Å². The molecule has 0 bridgehead atoms. The first-order valence-corrected chi connectivity index (χ1v) is 8.20. The summed E-state index contributed by atoms with van der Waals surface area (Å²) < 4.78 is 0. The highest BCUT2D eigenvalue weighted by atomic mass is 32.2. The molecule has 0 saturated carbocycles. The SMILES string of the molecule is CCC1(C)CSC(=NCC2CCN(C(C)C)C2)N1. The molecule has 0 aromatic carbocycles. The molecule has 0 radical (unpaired) electrons. The zero-order chi connectivity index (χ0) is 13.2. The Morgan fingerprint density at radius 1 is 1.56 bits per heavy atom. The summed E-state index contributed by atoms with van der Waals surface area (Å²) in [6.45, 7) is 12.6. The molecule has 0 aromatic heterocycles. The lowest BCUT2D eigenvalue weighted by Gasteiger charge is -2.21. The Kier molecular flexibility index (Phi) is 4.59. The van der Waals surface area contributed by atoms with Gasteiger partial charge in [0.25, 0.3) is 0 Å². The van der Waals surface area contributed by atoms with E-state index in [0.717, 1.165) is 18.2 Å². The van der Waals surface area contributed by atoms with Gasteiger partial charge in [0, 0.05) is 30.4 Å². The number of nitrogens with zero attached hydrogens (tertiary/aromatic N) is 2. The Labute approximate surface area is 116 Å². The fraction of sp³-hybridized carbons (Fsp3) is 0.929. The van der Waals surface area contributed by atoms with E-state index in [-0.39, 0.29) is 5.54 Å². The molecule has 2 unspecified atom stereocenters. The van der Waals surface area contributed by atoms with Crippen LogP contribution in [0.15, 0.2) is 4.99 Å². The topological polar surface area (TPSA) is 27.6 Å². The maximum atomic E-state index is 4.78. The maximum Gasteiger partial charge on any atom is 0.157 e. The van der Waals surface area contributed by atoms with Crippen molar-refractivity contribution in [1.29, 1.82) is 0 Å². The molecule has 2 aliphatic heterocycles. The number of hydrogen-bond acceptors (Lipinski definition) is 3. The number of nitrogens with one attached hydrogen (secondary N) is 1. The number of rotatable bonds is 4. The first-order valence-electron chi connectivity index (χ1n) is 7.22. The van der Waals surface area contributed by atoms with Crippen molar-refractivity contribution in [2.75, 3.05) is 25.4 Å². The van der Waals surface area contributed by atoms with Crippen LogP contribution in [0.25, 0.3) is 0 Å². The lowest BCUT2D eigenvalue weighted by Crippen LogP contribution is -2.39. The van der Waals surface area contributed by atoms with Gasteiger partial charge < -0.3 is 10.2 Å². The minimum atomic E-state index is 0.267. The van der Waals surface area contributed by atoms with Crippen LogP contribution >= 0.6 is 11.8 Å². The van der Waals surface area contributed by atoms with Crippen LogP contribution in [0.5, 0.6) is 0 Å². The van der Waals surface area contributed by atoms with Gasteiger partial charge in [-0.25, -0.2) is 0 Å². The molecule has 2 heterocycles. The van der Waals surface area contributed by atoms with Gasteiger partial charge in [0.2, 0.25) is 0 Å². The molecule has 0 aromatic rings. The first-order chi connectivity index (χ1) is 8.52. The Bertz CT molecular complexity index is 316. The van der Waals surface area contributed by atoms with Gasteiger partial charge in [-0.05, 0) is 46.1 Å². The molecule has 18 heavy (non-hydrogen) atoms. The molecule has 0 spiro atoms. The summed E-state index contributed by atoms with van der Waals surface area (Å²) >= 11 is 1.89. The zero-order valence-electron chi connectivity index (χ0n) is 12.2. The summed E-state index contributed by atoms with van der Waals surface area (Å²) in [4.78, 5) is 7.35. The van der Waals surface area contributed by atoms with E-state index in [9.17, 15) is 0 Å². The molecule has 2 fully saturated rings. The molecular formula is C14H27N3S. The van der Waals surface area contributed by atoms with E-state index in [1.54, 1.807) is 0 Å². The summed E-state index contributed by atoms with van der Waals surface area (Å²) in [6.07, 6.45) is 2.48. The van der Waals surface area contributed by atoms with Crippen molar-refractivity contribution >= 4 is 16.9 Å². The molecule has 2 saturated heterocycles. The molecule has 4 heteroatoms. The van der Waals surface area contributed by atoms with Crippen molar-refractivity contribution in [3.05, 3.63) is 0 Å². The molecule has 3 nitrogen and oxygen atoms in total. The van der Waals surface area contributed by atoms with Crippen LogP contribution < -0.4 is 5.32 Å². The minimum Gasteiger partial charge on any atom is -0.359 e. The summed E-state index contributed by atoms with van der Waals surface area (Å²) in [6, 6.07) is 0.685. The van der Waals surface area contributed by atoms with E-state index in [1.165, 1.54) is 31.1 Å². The van der Waals surface area contributed by atoms with E-state index in [0.29, 0.717) is 6.04 Å². The molecule has 1 N–H and O–H groups in total. The van der Waals surface area contributed by atoms with Crippen molar-refractivity contribution < 1.29 is 0 Å². The second kappa shape index (κ2) is 5.83. The summed E-state index contributed by atoms with van der Waals surface area (Å²) in [7, 11) is 0. The Morgan fingerprint density at radius 3 is 2.89 bits per heavy atom. The van der Waals surface area contributed by atoms with Gasteiger partial charge in [-0.2, -0.15) is 0 Å². The minimum absolute atomic E-state index is 0.267. The van der Waals surface area contributed by atoms with E-state index < -0.39 is 0 Å². The van der Waals surface area contributed by atoms with Crippen molar-refractivity contribution in [2.45, 2.75) is 52.1 Å². The number of aliphatic imine (C=N–C) groups is 1. The van der Waals surface area contributed by atoms with E-state index in [2.05, 4.69) is 37.9 Å². The van der Waals surface area contributed by atoms with Gasteiger partial charge in [0.05, 0.1) is 0 Å². The third-order valence-electron chi connectivity index (χ3n) is 4.26. The fourth-order valence-electron chi connectivity index (χ4n) is 2.53. The summed E-state index contributed by atoms with van der Waals surface area (Å²) in [5.74, 6) is 1.92. The smallest absolute Gasteiger partial charge is 0.157 e. The quantitative estimate of drug-likeness (QED) is 0.850. The molecule has 2 aliphatic rings. The number of likely N-dealkylation sites (tertiary alicyclic amines) is 1. The van der Waals surface area contributed by atoms with Crippen LogP contribution in [0.1, 0.15) is 40.5 Å². The van der Waals surface area contributed by atoms with Crippen LogP contribution in [-0.2, 0) is 0 Å². The molecular weight excluding hydrogens is 242 g/mol. The van der Waals surface area contributed by atoms with Crippen LogP contribution in [0.2, 0.25) is 0 Å². The van der Waals surface area contributed by atoms with Gasteiger partial charge in [0.15, 0.2) is 5.17 Å². The molecule has 104 valence electrons. The second-order valence-electron chi connectivity index (χ2n) is 6.22. The number of thioether (sulfide) groups is 1. The highest BCUT2D eigenvalue weighted by Gasteiger charge is 2.31.